The van der Waals surface area contributed by atoms with Crippen LogP contribution >= 0.6 is 0 Å². The number of hydrogen-bond acceptors (Lipinski definition) is 4. The smallest absolute Gasteiger partial charge is 0.227 e. The molecule has 1 amide bonds. The molecule has 1 fully saturated rings. The fraction of sp³-hybridized carbons (Fsp3) is 0.278. The van der Waals surface area contributed by atoms with Crippen molar-refractivity contribution < 1.29 is 4.79 Å². The summed E-state index contributed by atoms with van der Waals surface area (Å²) >= 11 is 0. The van der Waals surface area contributed by atoms with Gasteiger partial charge in [0.1, 0.15) is 11.8 Å². The molecule has 1 aromatic carbocycles. The van der Waals surface area contributed by atoms with Crippen molar-refractivity contribution in [1.82, 2.24) is 4.98 Å². The lowest BCUT2D eigenvalue weighted by atomic mass is 9.95. The highest BCUT2D eigenvalue weighted by Gasteiger charge is 2.25. The van der Waals surface area contributed by atoms with Gasteiger partial charge in [-0.2, -0.15) is 5.26 Å². The molecule has 0 saturated carbocycles. The van der Waals surface area contributed by atoms with Gasteiger partial charge in [-0.1, -0.05) is 18.2 Å². The number of piperidine rings is 1. The first-order valence-electron chi connectivity index (χ1n) is 7.73. The third-order valence-electron chi connectivity index (χ3n) is 4.13. The van der Waals surface area contributed by atoms with E-state index in [9.17, 15) is 4.79 Å². The summed E-state index contributed by atoms with van der Waals surface area (Å²) in [7, 11) is 0. The van der Waals surface area contributed by atoms with Crippen LogP contribution in [0.25, 0.3) is 0 Å². The molecule has 0 radical (unpaired) electrons. The van der Waals surface area contributed by atoms with E-state index >= 15 is 0 Å². The molecule has 3 rings (SSSR count). The predicted molar refractivity (Wildman–Crippen MR) is 89.0 cm³/mol. The Bertz CT molecular complexity index is 698. The Labute approximate surface area is 135 Å². The Balaban J connectivity index is 1.55. The lowest BCUT2D eigenvalue weighted by molar-refractivity contribution is -0.120. The molecular formula is C18H18N4O. The highest BCUT2D eigenvalue weighted by molar-refractivity contribution is 5.92. The van der Waals surface area contributed by atoms with Gasteiger partial charge in [-0.25, -0.2) is 4.98 Å². The minimum atomic E-state index is 0.0396. The highest BCUT2D eigenvalue weighted by Crippen LogP contribution is 2.24. The number of anilines is 2. The van der Waals surface area contributed by atoms with Gasteiger partial charge in [-0.05, 0) is 37.1 Å². The number of carbonyl (C=O) groups excluding carboxylic acids is 1. The Hall–Kier alpha value is -2.87. The molecule has 5 nitrogen and oxygen atoms in total. The van der Waals surface area contributed by atoms with E-state index in [1.807, 2.05) is 42.5 Å². The normalized spacial score (nSPS) is 15.0. The molecule has 0 spiro atoms. The summed E-state index contributed by atoms with van der Waals surface area (Å²) in [4.78, 5) is 18.6. The van der Waals surface area contributed by atoms with Crippen molar-refractivity contribution in [2.24, 2.45) is 5.92 Å². The van der Waals surface area contributed by atoms with Gasteiger partial charge in [-0.3, -0.25) is 4.79 Å². The number of benzene rings is 1. The van der Waals surface area contributed by atoms with Gasteiger partial charge in [0.2, 0.25) is 5.91 Å². The van der Waals surface area contributed by atoms with Crippen LogP contribution in [0, 0.1) is 17.2 Å². The Morgan fingerprint density at radius 2 is 1.91 bits per heavy atom. The minimum Gasteiger partial charge on any atom is -0.370 e. The predicted octanol–water partition coefficient (Wildman–Crippen LogP) is 2.81. The summed E-state index contributed by atoms with van der Waals surface area (Å²) in [5.41, 5.74) is 2.27. The van der Waals surface area contributed by atoms with Crippen LogP contribution in [0.3, 0.4) is 0 Å². The molecule has 0 unspecified atom stereocenters. The van der Waals surface area contributed by atoms with Crippen LogP contribution in [0.15, 0.2) is 48.7 Å². The molecule has 0 atom stereocenters. The van der Waals surface area contributed by atoms with Crippen molar-refractivity contribution in [3.05, 3.63) is 54.4 Å². The number of rotatable bonds is 3. The zero-order valence-electron chi connectivity index (χ0n) is 12.8. The third-order valence-corrected chi connectivity index (χ3v) is 4.13. The summed E-state index contributed by atoms with van der Waals surface area (Å²) in [6.45, 7) is 1.64. The summed E-state index contributed by atoms with van der Waals surface area (Å²) in [5, 5.41) is 11.8. The van der Waals surface area contributed by atoms with Crippen LogP contribution in [0.5, 0.6) is 0 Å². The lowest BCUT2D eigenvalue weighted by Crippen LogP contribution is -2.38. The van der Waals surface area contributed by atoms with Crippen molar-refractivity contribution in [3.63, 3.8) is 0 Å². The monoisotopic (exact) mass is 306 g/mol. The van der Waals surface area contributed by atoms with E-state index < -0.39 is 0 Å². The van der Waals surface area contributed by atoms with Gasteiger partial charge < -0.3 is 10.2 Å². The topological polar surface area (TPSA) is 69.0 Å². The number of nitriles is 1. The molecule has 0 bridgehead atoms. The third kappa shape index (κ3) is 3.67. The molecule has 2 aromatic rings. The zero-order chi connectivity index (χ0) is 16.1. The maximum Gasteiger partial charge on any atom is 0.227 e. The molecule has 1 aromatic heterocycles. The molecule has 2 heterocycles. The van der Waals surface area contributed by atoms with Crippen LogP contribution in [0.4, 0.5) is 11.4 Å². The van der Waals surface area contributed by atoms with E-state index in [1.54, 1.807) is 12.3 Å². The largest absolute Gasteiger partial charge is 0.370 e. The minimum absolute atomic E-state index is 0.0396. The second-order valence-electron chi connectivity index (χ2n) is 5.63. The lowest BCUT2D eigenvalue weighted by Gasteiger charge is -2.32. The van der Waals surface area contributed by atoms with Crippen molar-refractivity contribution >= 4 is 17.3 Å². The van der Waals surface area contributed by atoms with Crippen molar-refractivity contribution in [2.75, 3.05) is 23.3 Å². The van der Waals surface area contributed by atoms with Crippen LogP contribution in [0.2, 0.25) is 0 Å². The Morgan fingerprint density at radius 1 is 1.17 bits per heavy atom. The number of amides is 1. The maximum atomic E-state index is 12.3. The zero-order valence-corrected chi connectivity index (χ0v) is 12.8. The van der Waals surface area contributed by atoms with Gasteiger partial charge in [0.15, 0.2) is 0 Å². The molecule has 1 aliphatic heterocycles. The summed E-state index contributed by atoms with van der Waals surface area (Å²) < 4.78 is 0. The summed E-state index contributed by atoms with van der Waals surface area (Å²) in [6, 6.07) is 15.2. The second kappa shape index (κ2) is 6.93. The number of nitrogens with zero attached hydrogens (tertiary/aromatic N) is 3. The number of pyridine rings is 1. The second-order valence-corrected chi connectivity index (χ2v) is 5.63. The molecule has 5 heteroatoms. The molecule has 1 N–H and O–H groups in total. The molecule has 116 valence electrons. The van der Waals surface area contributed by atoms with Gasteiger partial charge in [-0.15, -0.1) is 0 Å². The van der Waals surface area contributed by atoms with Gasteiger partial charge >= 0.3 is 0 Å². The highest BCUT2D eigenvalue weighted by atomic mass is 16.1. The van der Waals surface area contributed by atoms with Crippen LogP contribution in [-0.2, 0) is 4.79 Å². The van der Waals surface area contributed by atoms with E-state index in [0.29, 0.717) is 5.69 Å². The maximum absolute atomic E-state index is 12.3. The SMILES string of the molecule is N#Cc1ccc(N2CCC(C(=O)Nc3ccccc3)CC2)cn1. The van der Waals surface area contributed by atoms with Crippen LogP contribution in [0.1, 0.15) is 18.5 Å². The molecule has 1 aliphatic rings. The Morgan fingerprint density at radius 3 is 2.52 bits per heavy atom. The fourth-order valence-corrected chi connectivity index (χ4v) is 2.80. The number of para-hydroxylation sites is 1. The molecule has 1 saturated heterocycles. The summed E-state index contributed by atoms with van der Waals surface area (Å²) in [5.74, 6) is 0.131. The van der Waals surface area contributed by atoms with E-state index in [0.717, 1.165) is 37.3 Å². The average molecular weight is 306 g/mol. The molecule has 0 aliphatic carbocycles. The summed E-state index contributed by atoms with van der Waals surface area (Å²) in [6.07, 6.45) is 3.36. The first-order chi connectivity index (χ1) is 11.3. The van der Waals surface area contributed by atoms with Crippen molar-refractivity contribution in [2.45, 2.75) is 12.8 Å². The fourth-order valence-electron chi connectivity index (χ4n) is 2.80. The first-order valence-corrected chi connectivity index (χ1v) is 7.73. The number of carbonyl (C=O) groups is 1. The van der Waals surface area contributed by atoms with E-state index in [4.69, 9.17) is 5.26 Å². The quantitative estimate of drug-likeness (QED) is 0.946. The number of aromatic nitrogens is 1. The van der Waals surface area contributed by atoms with E-state index in [-0.39, 0.29) is 11.8 Å². The standard InChI is InChI=1S/C18H18N4O/c19-12-16-6-7-17(13-20-16)22-10-8-14(9-11-22)18(23)21-15-4-2-1-3-5-15/h1-7,13-14H,8-11H2,(H,21,23). The van der Waals surface area contributed by atoms with Gasteiger partial charge in [0, 0.05) is 24.7 Å². The van der Waals surface area contributed by atoms with Crippen LogP contribution in [-0.4, -0.2) is 24.0 Å². The van der Waals surface area contributed by atoms with E-state index in [2.05, 4.69) is 15.2 Å². The van der Waals surface area contributed by atoms with Gasteiger partial charge in [0.25, 0.3) is 0 Å². The number of hydrogen-bond donors (Lipinski definition) is 1. The molecular weight excluding hydrogens is 288 g/mol. The van der Waals surface area contributed by atoms with Crippen molar-refractivity contribution in [3.8, 4) is 6.07 Å². The molecule has 23 heavy (non-hydrogen) atoms. The van der Waals surface area contributed by atoms with Gasteiger partial charge in [0.05, 0.1) is 11.9 Å². The van der Waals surface area contributed by atoms with Crippen molar-refractivity contribution in [1.29, 1.82) is 5.26 Å². The van der Waals surface area contributed by atoms with E-state index in [1.165, 1.54) is 0 Å². The Kier molecular flexibility index (Phi) is 4.53. The van der Waals surface area contributed by atoms with Crippen LogP contribution < -0.4 is 10.2 Å². The average Bonchev–Trinajstić information content (AvgIpc) is 2.63. The number of nitrogens with one attached hydrogen (secondary N) is 1. The first kappa shape index (κ1) is 15.0.